The molecule has 8 heterocycles. The van der Waals surface area contributed by atoms with Gasteiger partial charge in [0, 0.05) is 84.6 Å². The minimum atomic E-state index is -0.0264. The number of carbonyl (C=O) groups excluding carboxylic acids is 2. The van der Waals surface area contributed by atoms with Crippen LogP contribution < -0.4 is 10.6 Å². The smallest absolute Gasteiger partial charge is 0.254 e. The van der Waals surface area contributed by atoms with Crippen LogP contribution in [0.5, 0.6) is 0 Å². The highest BCUT2D eigenvalue weighted by molar-refractivity contribution is 6.17. The van der Waals surface area contributed by atoms with Gasteiger partial charge in [0.15, 0.2) is 0 Å². The zero-order valence-electron chi connectivity index (χ0n) is 36.2. The Morgan fingerprint density at radius 2 is 1.11 bits per heavy atom. The van der Waals surface area contributed by atoms with Crippen LogP contribution in [0.15, 0.2) is 97.3 Å². The first-order valence-electron chi connectivity index (χ1n) is 22.6. The predicted molar refractivity (Wildman–Crippen MR) is 257 cm³/mol. The van der Waals surface area contributed by atoms with Crippen LogP contribution in [0.3, 0.4) is 0 Å². The van der Waals surface area contributed by atoms with E-state index in [1.165, 1.54) is 16.7 Å². The number of hydrogen-bond donors (Lipinski definition) is 4. The molecular formula is C53H50N8O4. The summed E-state index contributed by atoms with van der Waals surface area (Å²) in [4.78, 5) is 45.5. The van der Waals surface area contributed by atoms with Gasteiger partial charge in [-0.05, 0) is 63.7 Å². The first-order chi connectivity index (χ1) is 32.0. The number of aromatic amines is 2. The van der Waals surface area contributed by atoms with Crippen LogP contribution in [-0.4, -0.2) is 101 Å². The van der Waals surface area contributed by atoms with E-state index in [2.05, 4.69) is 115 Å². The van der Waals surface area contributed by atoms with E-state index in [1.54, 1.807) is 0 Å². The van der Waals surface area contributed by atoms with E-state index in [4.69, 9.17) is 19.4 Å². The van der Waals surface area contributed by atoms with Gasteiger partial charge in [-0.3, -0.25) is 19.4 Å². The first kappa shape index (κ1) is 40.8. The van der Waals surface area contributed by atoms with Gasteiger partial charge in [0.05, 0.1) is 73.1 Å². The maximum atomic E-state index is 12.2. The second kappa shape index (κ2) is 17.9. The van der Waals surface area contributed by atoms with E-state index in [0.29, 0.717) is 13.1 Å². The summed E-state index contributed by atoms with van der Waals surface area (Å²) in [5, 5.41) is 11.9. The van der Waals surface area contributed by atoms with E-state index in [9.17, 15) is 9.59 Å². The average molecular weight is 863 g/mol. The third kappa shape index (κ3) is 8.56. The molecule has 4 aromatic carbocycles. The maximum Gasteiger partial charge on any atom is 0.254 e. The third-order valence-corrected chi connectivity index (χ3v) is 13.0. The molecule has 12 rings (SSSR count). The molecule has 0 spiro atoms. The van der Waals surface area contributed by atoms with Crippen molar-refractivity contribution in [2.45, 2.75) is 26.1 Å². The van der Waals surface area contributed by atoms with Crippen molar-refractivity contribution >= 4 is 79.5 Å². The summed E-state index contributed by atoms with van der Waals surface area (Å²) in [7, 11) is 0. The molecule has 0 atom stereocenters. The lowest BCUT2D eigenvalue weighted by Crippen LogP contribution is -2.37. The Bertz CT molecular complexity index is 3150. The number of nitrogens with one attached hydrogen (secondary N) is 4. The zero-order chi connectivity index (χ0) is 43.7. The topological polar surface area (TPSA) is 140 Å². The number of pyridine rings is 2. The minimum absolute atomic E-state index is 0.0250. The van der Waals surface area contributed by atoms with Gasteiger partial charge in [0.1, 0.15) is 0 Å². The molecule has 4 N–H and O–H groups in total. The van der Waals surface area contributed by atoms with E-state index >= 15 is 0 Å². The highest BCUT2D eigenvalue weighted by Crippen LogP contribution is 2.33. The quantitative estimate of drug-likeness (QED) is 0.115. The summed E-state index contributed by atoms with van der Waals surface area (Å²) in [6.07, 6.45) is 13.5. The van der Waals surface area contributed by atoms with Gasteiger partial charge >= 0.3 is 0 Å². The second-order valence-electron chi connectivity index (χ2n) is 17.2. The van der Waals surface area contributed by atoms with Crippen LogP contribution in [0, 0.1) is 0 Å². The maximum absolute atomic E-state index is 12.2. The molecule has 2 fully saturated rings. The highest BCUT2D eigenvalue weighted by Gasteiger charge is 2.27. The largest absolute Gasteiger partial charge is 0.379 e. The number of ether oxygens (including phenoxy) is 2. The molecule has 0 saturated carbocycles. The molecule has 4 aliphatic heterocycles. The summed E-state index contributed by atoms with van der Waals surface area (Å²) in [5.41, 5.74) is 12.0. The molecule has 326 valence electrons. The lowest BCUT2D eigenvalue weighted by molar-refractivity contribution is 0.0342. The van der Waals surface area contributed by atoms with Crippen molar-refractivity contribution in [3.05, 3.63) is 153 Å². The number of nitrogens with zero attached hydrogens (tertiary/aromatic N) is 4. The van der Waals surface area contributed by atoms with Gasteiger partial charge in [-0.1, -0.05) is 84.9 Å². The van der Waals surface area contributed by atoms with Gasteiger partial charge in [0.25, 0.3) is 11.8 Å². The Labute approximate surface area is 376 Å². The number of hydrogen-bond acceptors (Lipinski definition) is 8. The molecule has 4 aromatic heterocycles. The van der Waals surface area contributed by atoms with Crippen molar-refractivity contribution in [1.82, 2.24) is 40.4 Å². The lowest BCUT2D eigenvalue weighted by atomic mass is 10.0. The summed E-state index contributed by atoms with van der Waals surface area (Å²) < 4.78 is 10.9. The number of aromatic nitrogens is 4. The van der Waals surface area contributed by atoms with E-state index in [1.807, 2.05) is 36.7 Å². The Balaban J connectivity index is 0.000000144. The number of rotatable bonds is 9. The van der Waals surface area contributed by atoms with Crippen molar-refractivity contribution in [1.29, 1.82) is 0 Å². The molecule has 0 aliphatic carbocycles. The van der Waals surface area contributed by atoms with E-state index in [0.717, 1.165) is 155 Å². The van der Waals surface area contributed by atoms with Crippen molar-refractivity contribution in [3.8, 4) is 0 Å². The van der Waals surface area contributed by atoms with Gasteiger partial charge in [-0.25, -0.2) is 9.97 Å². The Morgan fingerprint density at radius 1 is 0.554 bits per heavy atom. The van der Waals surface area contributed by atoms with Crippen LogP contribution in [0.4, 0.5) is 0 Å². The fourth-order valence-electron chi connectivity index (χ4n) is 9.40. The number of fused-ring (bicyclic) bond motifs is 10. The second-order valence-corrected chi connectivity index (χ2v) is 17.2. The Morgan fingerprint density at radius 3 is 1.69 bits per heavy atom. The molecule has 4 aliphatic rings. The zero-order valence-corrected chi connectivity index (χ0v) is 36.2. The molecule has 65 heavy (non-hydrogen) atoms. The Hall–Kier alpha value is -6.96. The standard InChI is InChI=1S/C27H26N4O2.C26H24N4O2/c32-27-25-22-7-5-20-16-28-21(15-23(20)26(22)30-24(25)17-29-27)6-4-18-2-1-3-19(14-18)8-9-31-10-12-33-13-11-31;31-26-24-21-8-6-19-14-27-20(13-22(19)25(21)29-23(24)15-28-26)7-5-17-1-3-18(4-2-17)16-30-9-11-32-12-10-30/h1-7,14-16,28H,8-13,17H2,(H,29,32);1-8,13-14,27H,9-12,15-16H2,(H,28,31)/b6-4+;7-5+. The van der Waals surface area contributed by atoms with Crippen molar-refractivity contribution < 1.29 is 19.1 Å². The molecule has 0 radical (unpaired) electrons. The van der Waals surface area contributed by atoms with Crippen molar-refractivity contribution in [3.63, 3.8) is 0 Å². The van der Waals surface area contributed by atoms with Crippen LogP contribution in [0.1, 0.15) is 65.7 Å². The molecule has 0 unspecified atom stereocenters. The Kier molecular flexibility index (Phi) is 11.2. The first-order valence-corrected chi connectivity index (χ1v) is 22.6. The number of amides is 2. The predicted octanol–water partition coefficient (Wildman–Crippen LogP) is 7.97. The molecule has 2 saturated heterocycles. The van der Waals surface area contributed by atoms with Crippen LogP contribution >= 0.6 is 0 Å². The van der Waals surface area contributed by atoms with Gasteiger partial charge in [0.2, 0.25) is 0 Å². The molecule has 0 bridgehead atoms. The number of H-pyrrole nitrogens is 2. The van der Waals surface area contributed by atoms with Crippen molar-refractivity contribution in [2.75, 3.05) is 59.2 Å². The number of carbonyl (C=O) groups is 2. The van der Waals surface area contributed by atoms with E-state index < -0.39 is 0 Å². The monoisotopic (exact) mass is 862 g/mol. The number of morpholine rings is 2. The molecule has 12 heteroatoms. The average Bonchev–Trinajstić information content (AvgIpc) is 4.13. The minimum Gasteiger partial charge on any atom is -0.379 e. The van der Waals surface area contributed by atoms with Crippen molar-refractivity contribution in [2.24, 2.45) is 0 Å². The van der Waals surface area contributed by atoms with Gasteiger partial charge in [-0.15, -0.1) is 0 Å². The molecule has 2 amide bonds. The van der Waals surface area contributed by atoms with Crippen LogP contribution in [0.25, 0.3) is 67.7 Å². The fourth-order valence-corrected chi connectivity index (χ4v) is 9.40. The third-order valence-electron chi connectivity index (χ3n) is 13.0. The normalized spacial score (nSPS) is 16.7. The summed E-state index contributed by atoms with van der Waals surface area (Å²) in [6, 6.07) is 29.8. The highest BCUT2D eigenvalue weighted by atomic mass is 16.5. The summed E-state index contributed by atoms with van der Waals surface area (Å²) in [6.45, 7) is 10.4. The lowest BCUT2D eigenvalue weighted by Gasteiger charge is -2.26. The van der Waals surface area contributed by atoms with Crippen LogP contribution in [-0.2, 0) is 35.5 Å². The van der Waals surface area contributed by atoms with Gasteiger partial charge in [-0.2, -0.15) is 0 Å². The molecule has 12 nitrogen and oxygen atoms in total. The number of benzene rings is 4. The summed E-state index contributed by atoms with van der Waals surface area (Å²) >= 11 is 0. The molecule has 8 aromatic rings. The SMILES string of the molecule is O=C1NCc2nc3c(ccc4c[nH]c(/C=C/c5ccc(CN6CCOCC6)cc5)cc43)c21.O=C1NCc2nc3c(ccc4c[nH]c(/C=C/c5cccc(CCN6CCOCC6)c5)cc43)c21. The molecular weight excluding hydrogens is 813 g/mol. The summed E-state index contributed by atoms with van der Waals surface area (Å²) in [5.74, 6) is -0.0514. The van der Waals surface area contributed by atoms with Crippen LogP contribution in [0.2, 0.25) is 0 Å². The van der Waals surface area contributed by atoms with Gasteiger partial charge < -0.3 is 30.1 Å². The fraction of sp³-hybridized carbons (Fsp3) is 0.245. The van der Waals surface area contributed by atoms with E-state index in [-0.39, 0.29) is 11.8 Å².